The normalized spacial score (nSPS) is 16.6. The molecule has 0 radical (unpaired) electrons. The number of aromatic nitrogens is 5. The van der Waals surface area contributed by atoms with E-state index in [1.807, 2.05) is 23.1 Å². The summed E-state index contributed by atoms with van der Waals surface area (Å²) in [5, 5.41) is 18.1. The SMILES string of the molecule is N#CC1CC=C(c2nccn3ncc(-c4cnn(-c5ccc(F)cc5)c4)c23)CC1. The Morgan fingerprint density at radius 3 is 2.76 bits per heavy atom. The monoisotopic (exact) mass is 384 g/mol. The van der Waals surface area contributed by atoms with E-state index in [0.29, 0.717) is 0 Å². The maximum atomic E-state index is 13.2. The zero-order valence-electron chi connectivity index (χ0n) is 15.5. The van der Waals surface area contributed by atoms with Crippen molar-refractivity contribution in [2.24, 2.45) is 5.92 Å². The summed E-state index contributed by atoms with van der Waals surface area (Å²) < 4.78 is 16.7. The van der Waals surface area contributed by atoms with Crippen LogP contribution in [0.4, 0.5) is 4.39 Å². The van der Waals surface area contributed by atoms with Crippen LogP contribution >= 0.6 is 0 Å². The number of allylic oxidation sites excluding steroid dienone is 2. The minimum Gasteiger partial charge on any atom is -0.253 e. The van der Waals surface area contributed by atoms with Gasteiger partial charge in [-0.1, -0.05) is 6.08 Å². The van der Waals surface area contributed by atoms with Gasteiger partial charge in [0.25, 0.3) is 0 Å². The van der Waals surface area contributed by atoms with Crippen LogP contribution in [0.5, 0.6) is 0 Å². The molecule has 4 aromatic rings. The van der Waals surface area contributed by atoms with Crippen LogP contribution in [0.1, 0.15) is 25.0 Å². The number of nitrogens with zero attached hydrogens (tertiary/aromatic N) is 6. The molecule has 0 N–H and O–H groups in total. The fraction of sp³-hybridized carbons (Fsp3) is 0.182. The Hall–Kier alpha value is -3.79. The maximum Gasteiger partial charge on any atom is 0.123 e. The lowest BCUT2D eigenvalue weighted by molar-refractivity contribution is 0.603. The zero-order valence-corrected chi connectivity index (χ0v) is 15.5. The minimum atomic E-state index is -0.279. The van der Waals surface area contributed by atoms with Crippen LogP contribution in [0.25, 0.3) is 27.9 Å². The lowest BCUT2D eigenvalue weighted by atomic mass is 9.88. The fourth-order valence-corrected chi connectivity index (χ4v) is 3.75. The van der Waals surface area contributed by atoms with Gasteiger partial charge in [-0.2, -0.15) is 15.5 Å². The number of hydrogen-bond donors (Lipinski definition) is 0. The Morgan fingerprint density at radius 1 is 1.14 bits per heavy atom. The predicted octanol–water partition coefficient (Wildman–Crippen LogP) is 4.43. The first-order valence-electron chi connectivity index (χ1n) is 9.45. The van der Waals surface area contributed by atoms with E-state index in [9.17, 15) is 4.39 Å². The van der Waals surface area contributed by atoms with Crippen LogP contribution in [0.2, 0.25) is 0 Å². The molecule has 0 saturated heterocycles. The van der Waals surface area contributed by atoms with E-state index in [1.165, 1.54) is 12.1 Å². The van der Waals surface area contributed by atoms with Crippen LogP contribution in [-0.2, 0) is 0 Å². The maximum absolute atomic E-state index is 13.2. The van der Waals surface area contributed by atoms with Gasteiger partial charge in [-0.05, 0) is 49.1 Å². The molecule has 1 atom stereocenters. The van der Waals surface area contributed by atoms with E-state index in [4.69, 9.17) is 5.26 Å². The second kappa shape index (κ2) is 6.99. The van der Waals surface area contributed by atoms with Crippen molar-refractivity contribution >= 4 is 11.1 Å². The van der Waals surface area contributed by atoms with E-state index < -0.39 is 0 Å². The van der Waals surface area contributed by atoms with Crippen LogP contribution in [0.3, 0.4) is 0 Å². The predicted molar refractivity (Wildman–Crippen MR) is 106 cm³/mol. The third-order valence-electron chi connectivity index (χ3n) is 5.31. The molecular weight excluding hydrogens is 367 g/mol. The lowest BCUT2D eigenvalue weighted by Gasteiger charge is -2.17. The molecule has 0 aliphatic heterocycles. The number of rotatable bonds is 3. The lowest BCUT2D eigenvalue weighted by Crippen LogP contribution is -2.05. The van der Waals surface area contributed by atoms with Gasteiger partial charge in [0.05, 0.1) is 35.8 Å². The van der Waals surface area contributed by atoms with Gasteiger partial charge in [-0.25, -0.2) is 13.6 Å². The minimum absolute atomic E-state index is 0.0804. The molecule has 5 rings (SSSR count). The summed E-state index contributed by atoms with van der Waals surface area (Å²) >= 11 is 0. The summed E-state index contributed by atoms with van der Waals surface area (Å²) in [5.41, 5.74) is 5.59. The molecule has 6 nitrogen and oxygen atoms in total. The second-order valence-electron chi connectivity index (χ2n) is 7.11. The van der Waals surface area contributed by atoms with E-state index in [1.54, 1.807) is 29.2 Å². The molecule has 3 heterocycles. The summed E-state index contributed by atoms with van der Waals surface area (Å²) in [4.78, 5) is 4.63. The van der Waals surface area contributed by atoms with Gasteiger partial charge in [0.1, 0.15) is 11.3 Å². The summed E-state index contributed by atoms with van der Waals surface area (Å²) in [7, 11) is 0. The average Bonchev–Trinajstić information content (AvgIpc) is 3.41. The van der Waals surface area contributed by atoms with E-state index >= 15 is 0 Å². The molecule has 29 heavy (non-hydrogen) atoms. The van der Waals surface area contributed by atoms with Gasteiger partial charge in [-0.3, -0.25) is 4.98 Å². The van der Waals surface area contributed by atoms with Crippen LogP contribution in [-0.4, -0.2) is 24.4 Å². The molecule has 0 amide bonds. The first-order chi connectivity index (χ1) is 14.2. The molecule has 7 heteroatoms. The van der Waals surface area contributed by atoms with Crippen molar-refractivity contribution in [3.8, 4) is 22.9 Å². The molecule has 1 aliphatic carbocycles. The van der Waals surface area contributed by atoms with E-state index in [2.05, 4.69) is 27.3 Å². The largest absolute Gasteiger partial charge is 0.253 e. The molecule has 0 spiro atoms. The molecular formula is C22H17FN6. The smallest absolute Gasteiger partial charge is 0.123 e. The van der Waals surface area contributed by atoms with Crippen LogP contribution in [0, 0.1) is 23.1 Å². The average molecular weight is 384 g/mol. The van der Waals surface area contributed by atoms with Gasteiger partial charge in [0.2, 0.25) is 0 Å². The van der Waals surface area contributed by atoms with Crippen LogP contribution in [0.15, 0.2) is 61.3 Å². The molecule has 1 unspecified atom stereocenters. The standard InChI is InChI=1S/C22H17FN6/c23-18-5-7-19(8-6-18)29-14-17(12-26-29)20-13-27-28-10-9-25-21(22(20)28)16-3-1-15(11-24)2-4-16/h3,5-10,12-15H,1-2,4H2. The van der Waals surface area contributed by atoms with Gasteiger partial charge in [0.15, 0.2) is 0 Å². The summed E-state index contributed by atoms with van der Waals surface area (Å²) in [6, 6.07) is 8.56. The highest BCUT2D eigenvalue weighted by atomic mass is 19.1. The molecule has 3 aromatic heterocycles. The summed E-state index contributed by atoms with van der Waals surface area (Å²) in [6.07, 6.45) is 13.6. The highest BCUT2D eigenvalue weighted by Gasteiger charge is 2.20. The number of halogens is 1. The zero-order chi connectivity index (χ0) is 19.8. The summed E-state index contributed by atoms with van der Waals surface area (Å²) in [5.74, 6) is -0.198. The van der Waals surface area contributed by atoms with E-state index in [-0.39, 0.29) is 11.7 Å². The van der Waals surface area contributed by atoms with Gasteiger partial charge < -0.3 is 0 Å². The number of nitriles is 1. The Morgan fingerprint density at radius 2 is 2.00 bits per heavy atom. The first kappa shape index (κ1) is 17.3. The van der Waals surface area contributed by atoms with Gasteiger partial charge >= 0.3 is 0 Å². The quantitative estimate of drug-likeness (QED) is 0.524. The molecule has 0 bridgehead atoms. The molecule has 0 saturated carbocycles. The Balaban J connectivity index is 1.58. The third-order valence-corrected chi connectivity index (χ3v) is 5.31. The van der Waals surface area contributed by atoms with Crippen molar-refractivity contribution in [1.29, 1.82) is 5.26 Å². The number of benzene rings is 1. The highest BCUT2D eigenvalue weighted by molar-refractivity contribution is 5.88. The van der Waals surface area contributed by atoms with Crippen molar-refractivity contribution in [3.05, 3.63) is 72.8 Å². The molecule has 142 valence electrons. The summed E-state index contributed by atoms with van der Waals surface area (Å²) in [6.45, 7) is 0. The highest BCUT2D eigenvalue weighted by Crippen LogP contribution is 2.34. The topological polar surface area (TPSA) is 71.8 Å². The van der Waals surface area contributed by atoms with Crippen molar-refractivity contribution < 1.29 is 4.39 Å². The Kier molecular flexibility index (Phi) is 4.17. The van der Waals surface area contributed by atoms with Crippen molar-refractivity contribution in [2.75, 3.05) is 0 Å². The van der Waals surface area contributed by atoms with E-state index in [0.717, 1.165) is 52.9 Å². The van der Waals surface area contributed by atoms with Gasteiger partial charge in [0, 0.05) is 29.7 Å². The number of hydrogen-bond acceptors (Lipinski definition) is 4. The third kappa shape index (κ3) is 3.09. The second-order valence-corrected chi connectivity index (χ2v) is 7.11. The molecule has 0 fully saturated rings. The number of fused-ring (bicyclic) bond motifs is 1. The van der Waals surface area contributed by atoms with Crippen LogP contribution < -0.4 is 0 Å². The molecule has 1 aliphatic rings. The Bertz CT molecular complexity index is 1260. The first-order valence-corrected chi connectivity index (χ1v) is 9.45. The van der Waals surface area contributed by atoms with Gasteiger partial charge in [-0.15, -0.1) is 0 Å². The van der Waals surface area contributed by atoms with Crippen molar-refractivity contribution in [3.63, 3.8) is 0 Å². The van der Waals surface area contributed by atoms with Crippen molar-refractivity contribution in [2.45, 2.75) is 19.3 Å². The fourth-order valence-electron chi connectivity index (χ4n) is 3.75. The Labute approximate surface area is 166 Å². The molecule has 1 aromatic carbocycles. The van der Waals surface area contributed by atoms with Crippen molar-refractivity contribution in [1.82, 2.24) is 24.4 Å².